The van der Waals surface area contributed by atoms with E-state index in [1.807, 2.05) is 0 Å². The molecule has 1 saturated carbocycles. The number of nitrogens with one attached hydrogen (secondary N) is 1. The van der Waals surface area contributed by atoms with Crippen LogP contribution in [0, 0.1) is 5.92 Å². The van der Waals surface area contributed by atoms with Crippen LogP contribution in [0.2, 0.25) is 0 Å². The van der Waals surface area contributed by atoms with Gasteiger partial charge in [-0.05, 0) is 37.8 Å². The molecule has 1 fully saturated rings. The molecular weight excluding hydrogens is 288 g/mol. The third kappa shape index (κ3) is 3.83. The SMILES string of the molecule is CCS(=O)(=O)c1ccccc1NC(=O)C1CCC(N)CC1. The molecule has 0 spiro atoms. The summed E-state index contributed by atoms with van der Waals surface area (Å²) in [6.45, 7) is 1.59. The highest BCUT2D eigenvalue weighted by atomic mass is 32.2. The molecule has 1 amide bonds. The van der Waals surface area contributed by atoms with Crippen molar-refractivity contribution in [3.05, 3.63) is 24.3 Å². The molecule has 21 heavy (non-hydrogen) atoms. The van der Waals surface area contributed by atoms with E-state index < -0.39 is 9.84 Å². The van der Waals surface area contributed by atoms with Gasteiger partial charge in [-0.1, -0.05) is 19.1 Å². The van der Waals surface area contributed by atoms with E-state index in [0.717, 1.165) is 25.7 Å². The zero-order valence-corrected chi connectivity index (χ0v) is 13.0. The molecule has 0 aliphatic heterocycles. The molecule has 3 N–H and O–H groups in total. The largest absolute Gasteiger partial charge is 0.328 e. The average Bonchev–Trinajstić information content (AvgIpc) is 2.48. The van der Waals surface area contributed by atoms with Crippen LogP contribution in [-0.2, 0) is 14.6 Å². The van der Waals surface area contributed by atoms with Crippen LogP contribution in [-0.4, -0.2) is 26.1 Å². The first-order chi connectivity index (χ1) is 9.94. The molecule has 2 rings (SSSR count). The summed E-state index contributed by atoms with van der Waals surface area (Å²) < 4.78 is 24.1. The van der Waals surface area contributed by atoms with Gasteiger partial charge < -0.3 is 11.1 Å². The molecule has 0 saturated heterocycles. The van der Waals surface area contributed by atoms with Gasteiger partial charge in [-0.3, -0.25) is 4.79 Å². The zero-order valence-electron chi connectivity index (χ0n) is 12.2. The smallest absolute Gasteiger partial charge is 0.227 e. The molecule has 1 aromatic carbocycles. The van der Waals surface area contributed by atoms with E-state index in [1.54, 1.807) is 25.1 Å². The Balaban J connectivity index is 2.15. The minimum Gasteiger partial charge on any atom is -0.328 e. The number of carbonyl (C=O) groups excluding carboxylic acids is 1. The van der Waals surface area contributed by atoms with Gasteiger partial charge in [0.05, 0.1) is 16.3 Å². The number of sulfone groups is 1. The first-order valence-electron chi connectivity index (χ1n) is 7.32. The highest BCUT2D eigenvalue weighted by Gasteiger charge is 2.26. The van der Waals surface area contributed by atoms with E-state index >= 15 is 0 Å². The molecule has 1 aliphatic rings. The highest BCUT2D eigenvalue weighted by molar-refractivity contribution is 7.91. The lowest BCUT2D eigenvalue weighted by atomic mass is 9.86. The first kappa shape index (κ1) is 16.0. The number of rotatable bonds is 4. The van der Waals surface area contributed by atoms with Crippen molar-refractivity contribution >= 4 is 21.4 Å². The van der Waals surface area contributed by atoms with Crippen molar-refractivity contribution in [1.82, 2.24) is 0 Å². The maximum Gasteiger partial charge on any atom is 0.227 e. The van der Waals surface area contributed by atoms with Gasteiger partial charge in [0, 0.05) is 12.0 Å². The molecule has 1 aliphatic carbocycles. The monoisotopic (exact) mass is 310 g/mol. The van der Waals surface area contributed by atoms with Gasteiger partial charge in [0.1, 0.15) is 0 Å². The number of benzene rings is 1. The molecule has 0 radical (unpaired) electrons. The van der Waals surface area contributed by atoms with E-state index in [0.29, 0.717) is 5.69 Å². The molecule has 0 heterocycles. The molecule has 1 aromatic rings. The zero-order chi connectivity index (χ0) is 15.5. The van der Waals surface area contributed by atoms with Crippen molar-refractivity contribution in [2.75, 3.05) is 11.1 Å². The molecule has 0 aromatic heterocycles. The Kier molecular flexibility index (Phi) is 5.00. The molecule has 116 valence electrons. The van der Waals surface area contributed by atoms with Crippen molar-refractivity contribution in [3.63, 3.8) is 0 Å². The summed E-state index contributed by atoms with van der Waals surface area (Å²) in [4.78, 5) is 12.5. The van der Waals surface area contributed by atoms with E-state index in [2.05, 4.69) is 5.32 Å². The number of carbonyl (C=O) groups is 1. The predicted molar refractivity (Wildman–Crippen MR) is 82.7 cm³/mol. The third-order valence-corrected chi connectivity index (χ3v) is 5.79. The fourth-order valence-electron chi connectivity index (χ4n) is 2.61. The van der Waals surface area contributed by atoms with Crippen molar-refractivity contribution in [3.8, 4) is 0 Å². The van der Waals surface area contributed by atoms with Crippen LogP contribution in [0.4, 0.5) is 5.69 Å². The quantitative estimate of drug-likeness (QED) is 0.889. The topological polar surface area (TPSA) is 89.3 Å². The molecule has 5 nitrogen and oxygen atoms in total. The molecule has 0 atom stereocenters. The second-order valence-corrected chi connectivity index (χ2v) is 7.75. The Morgan fingerprint density at radius 3 is 2.48 bits per heavy atom. The van der Waals surface area contributed by atoms with E-state index in [9.17, 15) is 13.2 Å². The number of nitrogens with two attached hydrogens (primary N) is 1. The van der Waals surface area contributed by atoms with Gasteiger partial charge >= 0.3 is 0 Å². The lowest BCUT2D eigenvalue weighted by Crippen LogP contribution is -2.32. The minimum absolute atomic E-state index is 0.0121. The minimum atomic E-state index is -3.35. The predicted octanol–water partition coefficient (Wildman–Crippen LogP) is 1.94. The van der Waals surface area contributed by atoms with Crippen molar-refractivity contribution < 1.29 is 13.2 Å². The number of amides is 1. The maximum atomic E-state index is 12.3. The Morgan fingerprint density at radius 1 is 1.24 bits per heavy atom. The molecule has 0 bridgehead atoms. The Morgan fingerprint density at radius 2 is 1.86 bits per heavy atom. The Hall–Kier alpha value is -1.40. The Labute approximate surface area is 125 Å². The van der Waals surface area contributed by atoms with E-state index in [1.165, 1.54) is 6.07 Å². The first-order valence-corrected chi connectivity index (χ1v) is 8.97. The number of para-hydroxylation sites is 1. The number of hydrogen-bond donors (Lipinski definition) is 2. The fraction of sp³-hybridized carbons (Fsp3) is 0.533. The summed E-state index contributed by atoms with van der Waals surface area (Å²) in [5, 5.41) is 2.78. The summed E-state index contributed by atoms with van der Waals surface area (Å²) >= 11 is 0. The van der Waals surface area contributed by atoms with Crippen LogP contribution in [0.5, 0.6) is 0 Å². The normalized spacial score (nSPS) is 22.8. The molecule has 0 unspecified atom stereocenters. The summed E-state index contributed by atoms with van der Waals surface area (Å²) in [5.74, 6) is -0.180. The fourth-order valence-corrected chi connectivity index (χ4v) is 3.66. The summed E-state index contributed by atoms with van der Waals surface area (Å²) in [6, 6.07) is 6.74. The molecular formula is C15H22N2O3S. The van der Waals surface area contributed by atoms with Gasteiger partial charge in [-0.15, -0.1) is 0 Å². The van der Waals surface area contributed by atoms with Gasteiger partial charge in [0.25, 0.3) is 0 Å². The van der Waals surface area contributed by atoms with Crippen molar-refractivity contribution in [2.24, 2.45) is 11.7 Å². The summed E-state index contributed by atoms with van der Waals surface area (Å²) in [5.41, 5.74) is 6.21. The van der Waals surface area contributed by atoms with Gasteiger partial charge in [-0.2, -0.15) is 0 Å². The summed E-state index contributed by atoms with van der Waals surface area (Å²) in [7, 11) is -3.35. The van der Waals surface area contributed by atoms with Gasteiger partial charge in [0.15, 0.2) is 9.84 Å². The lowest BCUT2D eigenvalue weighted by Gasteiger charge is -2.25. The summed E-state index contributed by atoms with van der Waals surface area (Å²) in [6.07, 6.45) is 3.20. The van der Waals surface area contributed by atoms with Crippen LogP contribution in [0.15, 0.2) is 29.2 Å². The van der Waals surface area contributed by atoms with E-state index in [-0.39, 0.29) is 28.5 Å². The van der Waals surface area contributed by atoms with Crippen LogP contribution < -0.4 is 11.1 Å². The van der Waals surface area contributed by atoms with Crippen LogP contribution in [0.25, 0.3) is 0 Å². The number of hydrogen-bond acceptors (Lipinski definition) is 4. The van der Waals surface area contributed by atoms with Crippen molar-refractivity contribution in [1.29, 1.82) is 0 Å². The third-order valence-electron chi connectivity index (χ3n) is 4.00. The number of anilines is 1. The second-order valence-electron chi connectivity index (χ2n) is 5.50. The van der Waals surface area contributed by atoms with Crippen LogP contribution >= 0.6 is 0 Å². The highest BCUT2D eigenvalue weighted by Crippen LogP contribution is 2.27. The second kappa shape index (κ2) is 6.58. The van der Waals surface area contributed by atoms with Gasteiger partial charge in [-0.25, -0.2) is 8.42 Å². The van der Waals surface area contributed by atoms with Crippen molar-refractivity contribution in [2.45, 2.75) is 43.5 Å². The standard InChI is InChI=1S/C15H22N2O3S/c1-2-21(19,20)14-6-4-3-5-13(14)17-15(18)11-7-9-12(16)10-8-11/h3-6,11-12H,2,7-10,16H2,1H3,(H,17,18). The van der Waals surface area contributed by atoms with Crippen LogP contribution in [0.1, 0.15) is 32.6 Å². The average molecular weight is 310 g/mol. The maximum absolute atomic E-state index is 12.3. The lowest BCUT2D eigenvalue weighted by molar-refractivity contribution is -0.120. The van der Waals surface area contributed by atoms with E-state index in [4.69, 9.17) is 5.73 Å². The Bertz CT molecular complexity index is 605. The molecule has 6 heteroatoms. The van der Waals surface area contributed by atoms with Gasteiger partial charge in [0.2, 0.25) is 5.91 Å². The van der Waals surface area contributed by atoms with Crippen LogP contribution in [0.3, 0.4) is 0 Å².